The van der Waals surface area contributed by atoms with E-state index in [0.29, 0.717) is 32.5 Å². The second kappa shape index (κ2) is 14.7. The van der Waals surface area contributed by atoms with E-state index >= 15 is 0 Å². The van der Waals surface area contributed by atoms with Crippen molar-refractivity contribution in [1.29, 1.82) is 0 Å². The van der Waals surface area contributed by atoms with E-state index in [0.717, 1.165) is 19.4 Å². The highest BCUT2D eigenvalue weighted by molar-refractivity contribution is 5.94. The maximum atomic E-state index is 13.4. The van der Waals surface area contributed by atoms with Gasteiger partial charge in [-0.15, -0.1) is 12.4 Å². The Balaban J connectivity index is 0.00000432. The highest BCUT2D eigenvalue weighted by Crippen LogP contribution is 2.16. The van der Waals surface area contributed by atoms with Gasteiger partial charge in [-0.1, -0.05) is 0 Å². The first-order chi connectivity index (χ1) is 16.4. The fourth-order valence-electron chi connectivity index (χ4n) is 4.34. The maximum Gasteiger partial charge on any atom is 0.254 e. The number of β-amino-alcohol motifs (C(OH)–C–C–N with tert-alkyl or cyclic N) is 1. The van der Waals surface area contributed by atoms with Crippen LogP contribution in [0.5, 0.6) is 0 Å². The minimum absolute atomic E-state index is 0. The molecule has 0 bridgehead atoms. The largest absolute Gasteiger partial charge is 0.388 e. The summed E-state index contributed by atoms with van der Waals surface area (Å²) in [6, 6.07) is 5.06. The van der Waals surface area contributed by atoms with Gasteiger partial charge in [0.25, 0.3) is 5.91 Å². The number of carbonyl (C=O) groups excluding carboxylic acids is 2. The summed E-state index contributed by atoms with van der Waals surface area (Å²) in [5.74, 6) is -1.03. The van der Waals surface area contributed by atoms with Crippen molar-refractivity contribution in [3.63, 3.8) is 0 Å². The Morgan fingerprint density at radius 3 is 2.37 bits per heavy atom. The van der Waals surface area contributed by atoms with Crippen LogP contribution in [-0.4, -0.2) is 108 Å². The molecule has 2 heterocycles. The first kappa shape index (κ1) is 29.4. The number of ether oxygens (including phenoxy) is 1. The normalized spacial score (nSPS) is 27.4. The van der Waals surface area contributed by atoms with E-state index in [1.807, 2.05) is 0 Å². The van der Waals surface area contributed by atoms with E-state index in [1.165, 1.54) is 29.2 Å². The summed E-state index contributed by atoms with van der Waals surface area (Å²) in [6.07, 6.45) is -1.16. The molecule has 3 rings (SSSR count). The Morgan fingerprint density at radius 1 is 0.971 bits per heavy atom. The Labute approximate surface area is 211 Å². The number of rotatable bonds is 2. The molecule has 0 aliphatic carbocycles. The van der Waals surface area contributed by atoms with Crippen LogP contribution in [0.3, 0.4) is 0 Å². The third-order valence-corrected chi connectivity index (χ3v) is 6.43. The van der Waals surface area contributed by atoms with Gasteiger partial charge in [0.1, 0.15) is 24.1 Å². The monoisotopic (exact) mass is 517 g/mol. The fraction of sp³-hybridized carbons (Fsp3) is 0.667. The lowest BCUT2D eigenvalue weighted by molar-refractivity contribution is -0.136. The Kier molecular flexibility index (Phi) is 12.3. The molecule has 1 aromatic carbocycles. The van der Waals surface area contributed by atoms with Crippen molar-refractivity contribution in [3.8, 4) is 0 Å². The molecule has 4 atom stereocenters. The van der Waals surface area contributed by atoms with E-state index in [4.69, 9.17) is 4.74 Å². The third kappa shape index (κ3) is 8.66. The summed E-state index contributed by atoms with van der Waals surface area (Å²) >= 11 is 0. The molecule has 0 aromatic heterocycles. The van der Waals surface area contributed by atoms with Crippen LogP contribution in [0.4, 0.5) is 4.39 Å². The molecule has 1 aromatic rings. The Bertz CT molecular complexity index is 796. The lowest BCUT2D eigenvalue weighted by atomic mass is 9.98. The summed E-state index contributed by atoms with van der Waals surface area (Å²) in [6.45, 7) is 2.36. The van der Waals surface area contributed by atoms with Gasteiger partial charge in [-0.05, 0) is 56.5 Å². The van der Waals surface area contributed by atoms with Crippen LogP contribution >= 0.6 is 12.4 Å². The minimum Gasteiger partial charge on any atom is -0.388 e. The number of aliphatic hydroxyl groups is 3. The van der Waals surface area contributed by atoms with Crippen molar-refractivity contribution in [2.75, 3.05) is 52.5 Å². The number of benzene rings is 1. The van der Waals surface area contributed by atoms with Gasteiger partial charge < -0.3 is 35.2 Å². The predicted molar refractivity (Wildman–Crippen MR) is 130 cm³/mol. The second-order valence-corrected chi connectivity index (χ2v) is 9.03. The molecule has 198 valence electrons. The number of nitrogens with one attached hydrogen (secondary N) is 1. The average molecular weight is 518 g/mol. The second-order valence-electron chi connectivity index (χ2n) is 9.03. The molecule has 11 heteroatoms. The molecule has 0 radical (unpaired) electrons. The third-order valence-electron chi connectivity index (χ3n) is 6.43. The van der Waals surface area contributed by atoms with Crippen LogP contribution in [0, 0.1) is 11.7 Å². The number of piperidine rings is 1. The predicted octanol–water partition coefficient (Wildman–Crippen LogP) is 0.411. The van der Waals surface area contributed by atoms with E-state index in [1.54, 1.807) is 4.90 Å². The van der Waals surface area contributed by atoms with Crippen LogP contribution < -0.4 is 5.32 Å². The van der Waals surface area contributed by atoms with Crippen molar-refractivity contribution in [1.82, 2.24) is 15.1 Å². The molecule has 2 aliphatic heterocycles. The van der Waals surface area contributed by atoms with E-state index in [-0.39, 0.29) is 56.0 Å². The minimum atomic E-state index is -1.52. The molecule has 0 unspecified atom stereocenters. The Hall–Kier alpha value is -1.82. The zero-order valence-corrected chi connectivity index (χ0v) is 20.7. The van der Waals surface area contributed by atoms with Gasteiger partial charge in [-0.2, -0.15) is 0 Å². The molecular weight excluding hydrogens is 481 g/mol. The smallest absolute Gasteiger partial charge is 0.254 e. The standard InChI is InChI=1S/C24H36FN3O6.ClH/c25-19-7-5-17(6-8-19)23(32)28-12-11-27(24(33)18-4-3-9-26-14-18)10-1-2-13-34-16-21(30)22(31)20(29)15-28;/h5-8,18,20-22,26,29-31H,1-4,9-16H2;1H/t18-,20-,21+,22+;/m0./s1. The maximum absolute atomic E-state index is 13.4. The molecule has 2 fully saturated rings. The lowest BCUT2D eigenvalue weighted by Gasteiger charge is -2.34. The van der Waals surface area contributed by atoms with Crippen molar-refractivity contribution in [2.24, 2.45) is 5.92 Å². The molecule has 2 aliphatic rings. The Morgan fingerprint density at radius 2 is 1.69 bits per heavy atom. The topological polar surface area (TPSA) is 123 Å². The molecule has 2 saturated heterocycles. The van der Waals surface area contributed by atoms with Crippen molar-refractivity contribution < 1.29 is 34.0 Å². The van der Waals surface area contributed by atoms with Gasteiger partial charge in [0.15, 0.2) is 0 Å². The van der Waals surface area contributed by atoms with Gasteiger partial charge in [0, 0.05) is 44.9 Å². The first-order valence-electron chi connectivity index (χ1n) is 12.0. The van der Waals surface area contributed by atoms with Gasteiger partial charge in [-0.3, -0.25) is 9.59 Å². The van der Waals surface area contributed by atoms with Gasteiger partial charge >= 0.3 is 0 Å². The molecule has 35 heavy (non-hydrogen) atoms. The van der Waals surface area contributed by atoms with E-state index in [9.17, 15) is 29.3 Å². The number of amides is 2. The molecule has 9 nitrogen and oxygen atoms in total. The number of nitrogens with zero attached hydrogens (tertiary/aromatic N) is 2. The van der Waals surface area contributed by atoms with Crippen molar-refractivity contribution in [2.45, 2.75) is 44.0 Å². The van der Waals surface area contributed by atoms with Crippen LogP contribution in [0.1, 0.15) is 36.0 Å². The average Bonchev–Trinajstić information content (AvgIpc) is 2.85. The fourth-order valence-corrected chi connectivity index (χ4v) is 4.34. The number of aliphatic hydroxyl groups excluding tert-OH is 3. The summed E-state index contributed by atoms with van der Waals surface area (Å²) in [4.78, 5) is 29.5. The first-order valence-corrected chi connectivity index (χ1v) is 12.0. The summed E-state index contributed by atoms with van der Waals surface area (Å²) in [5.41, 5.74) is 0.224. The summed E-state index contributed by atoms with van der Waals surface area (Å²) in [5, 5.41) is 34.3. The zero-order valence-electron chi connectivity index (χ0n) is 19.9. The zero-order chi connectivity index (χ0) is 24.5. The van der Waals surface area contributed by atoms with E-state index < -0.39 is 30.0 Å². The van der Waals surface area contributed by atoms with Crippen LogP contribution in [0.15, 0.2) is 24.3 Å². The van der Waals surface area contributed by atoms with Crippen molar-refractivity contribution >= 4 is 24.2 Å². The van der Waals surface area contributed by atoms with E-state index in [2.05, 4.69) is 5.32 Å². The number of hydrogen-bond donors (Lipinski definition) is 4. The number of hydrogen-bond acceptors (Lipinski definition) is 7. The van der Waals surface area contributed by atoms with Crippen LogP contribution in [0.2, 0.25) is 0 Å². The van der Waals surface area contributed by atoms with Crippen molar-refractivity contribution in [3.05, 3.63) is 35.6 Å². The van der Waals surface area contributed by atoms with Gasteiger partial charge in [0.2, 0.25) is 5.91 Å². The lowest BCUT2D eigenvalue weighted by Crippen LogP contribution is -2.51. The molecular formula is C24H37ClFN3O6. The number of halogens is 2. The highest BCUT2D eigenvalue weighted by atomic mass is 35.5. The van der Waals surface area contributed by atoms with Gasteiger partial charge in [0.05, 0.1) is 12.5 Å². The quantitative estimate of drug-likeness (QED) is 0.448. The molecule has 2 amide bonds. The van der Waals surface area contributed by atoms with Gasteiger partial charge in [-0.25, -0.2) is 4.39 Å². The highest BCUT2D eigenvalue weighted by Gasteiger charge is 2.31. The number of carbonyl (C=O) groups is 2. The summed E-state index contributed by atoms with van der Waals surface area (Å²) in [7, 11) is 0. The van der Waals surface area contributed by atoms with Crippen LogP contribution in [-0.2, 0) is 9.53 Å². The summed E-state index contributed by atoms with van der Waals surface area (Å²) < 4.78 is 18.8. The molecule has 0 saturated carbocycles. The van der Waals surface area contributed by atoms with Crippen LogP contribution in [0.25, 0.3) is 0 Å². The molecule has 4 N–H and O–H groups in total. The SMILES string of the molecule is Cl.O=C(c1ccc(F)cc1)N1CCN(C(=O)[C@H]2CCCNC2)CCCCOC[C@@H](O)[C@H](O)[C@@H](O)C1. The molecule has 0 spiro atoms.